The molecule has 0 bridgehead atoms. The molecule has 1 fully saturated rings. The van der Waals surface area contributed by atoms with Crippen molar-refractivity contribution in [3.05, 3.63) is 115 Å². The van der Waals surface area contributed by atoms with Gasteiger partial charge in [0.15, 0.2) is 0 Å². The molecular weight excluding hydrogens is 506 g/mol. The molecule has 3 aromatic carbocycles. The zero-order valence-electron chi connectivity index (χ0n) is 18.7. The van der Waals surface area contributed by atoms with Crippen LogP contribution in [0.15, 0.2) is 77.9 Å². The molecule has 0 aromatic heterocycles. The first-order chi connectivity index (χ1) is 16.4. The molecule has 2 aliphatic rings. The van der Waals surface area contributed by atoms with Gasteiger partial charge in [0.25, 0.3) is 0 Å². The summed E-state index contributed by atoms with van der Waals surface area (Å²) in [5, 5.41) is 2.34. The van der Waals surface area contributed by atoms with Gasteiger partial charge in [-0.15, -0.1) is 0 Å². The lowest BCUT2D eigenvalue weighted by atomic mass is 9.72. The molecule has 0 saturated heterocycles. The van der Waals surface area contributed by atoms with Gasteiger partial charge in [0, 0.05) is 11.8 Å². The quantitative estimate of drug-likeness (QED) is 0.326. The molecule has 1 saturated carbocycles. The summed E-state index contributed by atoms with van der Waals surface area (Å²) in [5.41, 5.74) is 6.37. The molecule has 174 valence electrons. The first-order valence-corrected chi connectivity index (χ1v) is 12.9. The highest BCUT2D eigenvalue weighted by Crippen LogP contribution is 2.55. The summed E-state index contributed by atoms with van der Waals surface area (Å²) in [6.07, 6.45) is 8.06. The van der Waals surface area contributed by atoms with Crippen molar-refractivity contribution >= 4 is 52.5 Å². The summed E-state index contributed by atoms with van der Waals surface area (Å²) >= 11 is 25.2. The fraction of sp³-hybridized carbons (Fsp3) is 0.241. The molecule has 0 N–H and O–H groups in total. The van der Waals surface area contributed by atoms with E-state index in [-0.39, 0.29) is 11.8 Å². The van der Waals surface area contributed by atoms with E-state index in [1.54, 1.807) is 7.11 Å². The van der Waals surface area contributed by atoms with Gasteiger partial charge in [-0.25, -0.2) is 0 Å². The summed E-state index contributed by atoms with van der Waals surface area (Å²) in [6.45, 7) is 0. The SMILES string of the molecule is COc1ccc([C@H]2C=C3/C(=C/c4ccc(Cl)c(Cl)c4)CCC[C@H]3[C@@H]2c2ccc(Cl)c(Cl)c2)cc1. The van der Waals surface area contributed by atoms with Gasteiger partial charge in [-0.05, 0) is 89.4 Å². The Morgan fingerprint density at radius 2 is 1.47 bits per heavy atom. The third kappa shape index (κ3) is 4.64. The molecule has 1 nitrogen and oxygen atoms in total. The Hall–Kier alpha value is -1.90. The van der Waals surface area contributed by atoms with Crippen molar-refractivity contribution < 1.29 is 4.74 Å². The van der Waals surface area contributed by atoms with Gasteiger partial charge < -0.3 is 4.74 Å². The molecule has 0 heterocycles. The zero-order chi connectivity index (χ0) is 23.8. The van der Waals surface area contributed by atoms with E-state index in [4.69, 9.17) is 51.1 Å². The summed E-state index contributed by atoms with van der Waals surface area (Å²) in [7, 11) is 1.69. The predicted octanol–water partition coefficient (Wildman–Crippen LogP) is 10.00. The predicted molar refractivity (Wildman–Crippen MR) is 145 cm³/mol. The van der Waals surface area contributed by atoms with Gasteiger partial charge in [0.05, 0.1) is 27.2 Å². The number of hydrogen-bond acceptors (Lipinski definition) is 1. The van der Waals surface area contributed by atoms with E-state index in [1.807, 2.05) is 42.5 Å². The van der Waals surface area contributed by atoms with E-state index in [2.05, 4.69) is 30.4 Å². The second-order valence-corrected chi connectivity index (χ2v) is 10.6. The molecule has 0 unspecified atom stereocenters. The van der Waals surface area contributed by atoms with E-state index in [0.29, 0.717) is 26.0 Å². The minimum Gasteiger partial charge on any atom is -0.497 e. The van der Waals surface area contributed by atoms with Crippen LogP contribution in [0.4, 0.5) is 0 Å². The van der Waals surface area contributed by atoms with Crippen LogP contribution >= 0.6 is 46.4 Å². The molecule has 2 aliphatic carbocycles. The number of ether oxygens (including phenoxy) is 1. The first-order valence-electron chi connectivity index (χ1n) is 11.4. The van der Waals surface area contributed by atoms with Crippen molar-refractivity contribution in [2.45, 2.75) is 31.1 Å². The molecule has 3 aromatic rings. The monoisotopic (exact) mass is 528 g/mol. The van der Waals surface area contributed by atoms with Crippen LogP contribution in [-0.4, -0.2) is 7.11 Å². The van der Waals surface area contributed by atoms with Crippen LogP contribution in [-0.2, 0) is 0 Å². The van der Waals surface area contributed by atoms with E-state index < -0.39 is 0 Å². The zero-order valence-corrected chi connectivity index (χ0v) is 21.7. The van der Waals surface area contributed by atoms with Gasteiger partial charge in [-0.3, -0.25) is 0 Å². The maximum Gasteiger partial charge on any atom is 0.118 e. The smallest absolute Gasteiger partial charge is 0.118 e. The maximum atomic E-state index is 6.46. The van der Waals surface area contributed by atoms with E-state index in [9.17, 15) is 0 Å². The summed E-state index contributed by atoms with van der Waals surface area (Å²) < 4.78 is 5.39. The minimum atomic E-state index is 0.235. The van der Waals surface area contributed by atoms with Crippen molar-refractivity contribution in [1.29, 1.82) is 0 Å². The number of rotatable bonds is 4. The van der Waals surface area contributed by atoms with Crippen molar-refractivity contribution in [3.8, 4) is 5.75 Å². The molecule has 5 rings (SSSR count). The Morgan fingerprint density at radius 1 is 0.794 bits per heavy atom. The van der Waals surface area contributed by atoms with Gasteiger partial charge >= 0.3 is 0 Å². The molecule has 3 atom stereocenters. The molecule has 34 heavy (non-hydrogen) atoms. The highest BCUT2D eigenvalue weighted by atomic mass is 35.5. The lowest BCUT2D eigenvalue weighted by molar-refractivity contribution is 0.413. The van der Waals surface area contributed by atoms with Gasteiger partial charge in [-0.2, -0.15) is 0 Å². The normalized spacial score (nSPS) is 23.0. The highest BCUT2D eigenvalue weighted by molar-refractivity contribution is 6.42. The molecule has 0 spiro atoms. The van der Waals surface area contributed by atoms with Crippen LogP contribution in [0.1, 0.15) is 47.8 Å². The molecule has 0 radical (unpaired) electrons. The van der Waals surface area contributed by atoms with Crippen LogP contribution in [0.3, 0.4) is 0 Å². The molecule has 0 aliphatic heterocycles. The Labute approximate surface area is 220 Å². The van der Waals surface area contributed by atoms with Crippen LogP contribution in [0.2, 0.25) is 20.1 Å². The summed E-state index contributed by atoms with van der Waals surface area (Å²) in [6, 6.07) is 20.3. The fourth-order valence-corrected chi connectivity index (χ4v) is 6.06. The molecule has 0 amide bonds. The third-order valence-electron chi connectivity index (χ3n) is 7.02. The Morgan fingerprint density at radius 3 is 2.15 bits per heavy atom. The number of fused-ring (bicyclic) bond motifs is 1. The van der Waals surface area contributed by atoms with Crippen LogP contribution in [0, 0.1) is 5.92 Å². The minimum absolute atomic E-state index is 0.235. The Bertz CT molecular complexity index is 1280. The van der Waals surface area contributed by atoms with Crippen molar-refractivity contribution in [3.63, 3.8) is 0 Å². The van der Waals surface area contributed by atoms with E-state index in [0.717, 1.165) is 30.6 Å². The number of halogens is 4. The Kier molecular flexibility index (Phi) is 7.00. The summed E-state index contributed by atoms with van der Waals surface area (Å²) in [4.78, 5) is 0. The summed E-state index contributed by atoms with van der Waals surface area (Å²) in [5.74, 6) is 1.79. The number of methoxy groups -OCH3 is 1. The van der Waals surface area contributed by atoms with Crippen molar-refractivity contribution in [1.82, 2.24) is 0 Å². The van der Waals surface area contributed by atoms with Crippen molar-refractivity contribution in [2.24, 2.45) is 5.92 Å². The average Bonchev–Trinajstić information content (AvgIpc) is 3.24. The number of allylic oxidation sites excluding steroid dienone is 3. The lowest BCUT2D eigenvalue weighted by Gasteiger charge is -2.32. The Balaban J connectivity index is 1.59. The van der Waals surface area contributed by atoms with Crippen LogP contribution in [0.5, 0.6) is 5.75 Å². The average molecular weight is 530 g/mol. The number of hydrogen-bond donors (Lipinski definition) is 0. The van der Waals surface area contributed by atoms with Crippen molar-refractivity contribution in [2.75, 3.05) is 7.11 Å². The van der Waals surface area contributed by atoms with E-state index in [1.165, 1.54) is 22.3 Å². The third-order valence-corrected chi connectivity index (χ3v) is 8.50. The molecule has 5 heteroatoms. The largest absolute Gasteiger partial charge is 0.497 e. The fourth-order valence-electron chi connectivity index (χ4n) is 5.45. The van der Waals surface area contributed by atoms with Gasteiger partial charge in [-0.1, -0.05) is 82.8 Å². The second kappa shape index (κ2) is 9.99. The number of benzene rings is 3. The lowest BCUT2D eigenvalue weighted by Crippen LogP contribution is -2.18. The van der Waals surface area contributed by atoms with E-state index >= 15 is 0 Å². The maximum absolute atomic E-state index is 6.46. The van der Waals surface area contributed by atoms with Gasteiger partial charge in [0.2, 0.25) is 0 Å². The molecular formula is C29H24Cl4O. The van der Waals surface area contributed by atoms with Crippen LogP contribution in [0.25, 0.3) is 6.08 Å². The topological polar surface area (TPSA) is 9.23 Å². The first kappa shape index (κ1) is 23.8. The second-order valence-electron chi connectivity index (χ2n) is 8.96. The standard InChI is InChI=1S/C29H24Cl4O/c1-34-21-9-6-18(7-10-21)24-16-23-19(13-17-5-11-25(30)27(32)14-17)3-2-4-22(23)29(24)20-8-12-26(31)28(33)15-20/h5-16,22,24,29H,2-4H2,1H3/b19-13+/t22-,24-,29+/m1/s1. The highest BCUT2D eigenvalue weighted by Gasteiger charge is 2.41. The van der Waals surface area contributed by atoms with Gasteiger partial charge in [0.1, 0.15) is 5.75 Å². The van der Waals surface area contributed by atoms with Crippen LogP contribution < -0.4 is 4.74 Å².